The van der Waals surface area contributed by atoms with E-state index in [2.05, 4.69) is 5.32 Å². The normalized spacial score (nSPS) is 14.5. The monoisotopic (exact) mass is 334 g/mol. The van der Waals surface area contributed by atoms with Crippen LogP contribution in [0.4, 0.5) is 5.69 Å². The highest BCUT2D eigenvalue weighted by atomic mass is 16.2. The number of amides is 2. The maximum atomic E-state index is 12.5. The van der Waals surface area contributed by atoms with Crippen molar-refractivity contribution in [2.24, 2.45) is 0 Å². The first-order valence-corrected chi connectivity index (χ1v) is 8.66. The van der Waals surface area contributed by atoms with Crippen molar-refractivity contribution in [2.45, 2.75) is 19.3 Å². The molecule has 0 aliphatic carbocycles. The summed E-state index contributed by atoms with van der Waals surface area (Å²) in [5, 5.41) is 2.81. The van der Waals surface area contributed by atoms with Crippen molar-refractivity contribution >= 4 is 23.6 Å². The van der Waals surface area contributed by atoms with E-state index in [-0.39, 0.29) is 11.8 Å². The van der Waals surface area contributed by atoms with Gasteiger partial charge in [-0.25, -0.2) is 0 Å². The largest absolute Gasteiger partial charge is 0.339 e. The van der Waals surface area contributed by atoms with Gasteiger partial charge in [-0.1, -0.05) is 36.4 Å². The molecular formula is C21H22N2O2. The van der Waals surface area contributed by atoms with Crippen molar-refractivity contribution in [3.8, 4) is 0 Å². The molecular weight excluding hydrogens is 312 g/mol. The maximum Gasteiger partial charge on any atom is 0.253 e. The van der Waals surface area contributed by atoms with Crippen LogP contribution in [-0.2, 0) is 4.79 Å². The van der Waals surface area contributed by atoms with Crippen LogP contribution < -0.4 is 5.32 Å². The quantitative estimate of drug-likeness (QED) is 0.860. The number of hydrogen-bond donors (Lipinski definition) is 1. The summed E-state index contributed by atoms with van der Waals surface area (Å²) in [5.74, 6) is -0.179. The van der Waals surface area contributed by atoms with E-state index in [1.165, 1.54) is 12.5 Å². The Morgan fingerprint density at radius 3 is 2.44 bits per heavy atom. The minimum atomic E-state index is -0.216. The predicted molar refractivity (Wildman–Crippen MR) is 100 cm³/mol. The van der Waals surface area contributed by atoms with E-state index in [0.717, 1.165) is 31.5 Å². The molecule has 1 saturated heterocycles. The van der Waals surface area contributed by atoms with Crippen molar-refractivity contribution in [1.82, 2.24) is 4.90 Å². The summed E-state index contributed by atoms with van der Waals surface area (Å²) in [4.78, 5) is 26.5. The number of likely N-dealkylation sites (tertiary alicyclic amines) is 1. The lowest BCUT2D eigenvalue weighted by Crippen LogP contribution is -2.35. The first-order valence-electron chi connectivity index (χ1n) is 8.66. The van der Waals surface area contributed by atoms with E-state index in [0.29, 0.717) is 11.3 Å². The Kier molecular flexibility index (Phi) is 5.62. The molecule has 4 nitrogen and oxygen atoms in total. The zero-order valence-corrected chi connectivity index (χ0v) is 14.2. The molecule has 0 unspecified atom stereocenters. The summed E-state index contributed by atoms with van der Waals surface area (Å²) < 4.78 is 0. The van der Waals surface area contributed by atoms with Gasteiger partial charge < -0.3 is 10.2 Å². The van der Waals surface area contributed by atoms with E-state index in [9.17, 15) is 9.59 Å². The Balaban J connectivity index is 1.64. The van der Waals surface area contributed by atoms with Gasteiger partial charge >= 0.3 is 0 Å². The highest BCUT2D eigenvalue weighted by Crippen LogP contribution is 2.16. The van der Waals surface area contributed by atoms with Crippen LogP contribution in [0.25, 0.3) is 6.08 Å². The molecule has 1 aliphatic heterocycles. The van der Waals surface area contributed by atoms with Crippen molar-refractivity contribution in [3.63, 3.8) is 0 Å². The molecule has 1 heterocycles. The average Bonchev–Trinajstić information content (AvgIpc) is 2.67. The molecule has 1 fully saturated rings. The molecule has 0 saturated carbocycles. The molecule has 2 aromatic rings. The molecule has 0 spiro atoms. The topological polar surface area (TPSA) is 49.4 Å². The van der Waals surface area contributed by atoms with Crippen molar-refractivity contribution in [2.75, 3.05) is 18.4 Å². The highest BCUT2D eigenvalue weighted by Gasteiger charge is 2.18. The van der Waals surface area contributed by atoms with Crippen LogP contribution in [0.2, 0.25) is 0 Å². The first kappa shape index (κ1) is 17.0. The van der Waals surface area contributed by atoms with E-state index in [4.69, 9.17) is 0 Å². The SMILES string of the molecule is O=C(/C=C/c1ccccc1)Nc1cccc(C(=O)N2CCCCC2)c1. The first-order chi connectivity index (χ1) is 12.2. The van der Waals surface area contributed by atoms with Gasteiger partial charge in [0.15, 0.2) is 0 Å². The zero-order chi connectivity index (χ0) is 17.5. The van der Waals surface area contributed by atoms with Crippen molar-refractivity contribution < 1.29 is 9.59 Å². The number of anilines is 1. The smallest absolute Gasteiger partial charge is 0.253 e. The minimum absolute atomic E-state index is 0.0376. The zero-order valence-electron chi connectivity index (χ0n) is 14.2. The lowest BCUT2D eigenvalue weighted by Gasteiger charge is -2.26. The molecule has 0 radical (unpaired) electrons. The number of benzene rings is 2. The summed E-state index contributed by atoms with van der Waals surface area (Å²) in [5.41, 5.74) is 2.21. The molecule has 128 valence electrons. The maximum absolute atomic E-state index is 12.5. The van der Waals surface area contributed by atoms with Crippen LogP contribution in [0, 0.1) is 0 Å². The van der Waals surface area contributed by atoms with E-state index in [1.807, 2.05) is 35.2 Å². The Labute approximate surface area is 148 Å². The van der Waals surface area contributed by atoms with Gasteiger partial charge in [-0.15, -0.1) is 0 Å². The third kappa shape index (κ3) is 4.80. The summed E-state index contributed by atoms with van der Waals surface area (Å²) in [6.07, 6.45) is 6.57. The van der Waals surface area contributed by atoms with Crippen LogP contribution in [0.5, 0.6) is 0 Å². The molecule has 1 aliphatic rings. The summed E-state index contributed by atoms with van der Waals surface area (Å²) >= 11 is 0. The molecule has 0 bridgehead atoms. The summed E-state index contributed by atoms with van der Waals surface area (Å²) in [6, 6.07) is 16.8. The molecule has 4 heteroatoms. The molecule has 2 amide bonds. The van der Waals surface area contributed by atoms with E-state index >= 15 is 0 Å². The second kappa shape index (κ2) is 8.29. The van der Waals surface area contributed by atoms with Crippen LogP contribution in [-0.4, -0.2) is 29.8 Å². The van der Waals surface area contributed by atoms with Gasteiger partial charge in [0.1, 0.15) is 0 Å². The minimum Gasteiger partial charge on any atom is -0.339 e. The lowest BCUT2D eigenvalue weighted by molar-refractivity contribution is -0.111. The molecule has 1 N–H and O–H groups in total. The van der Waals surface area contributed by atoms with Crippen LogP contribution >= 0.6 is 0 Å². The third-order valence-electron chi connectivity index (χ3n) is 4.25. The number of hydrogen-bond acceptors (Lipinski definition) is 2. The summed E-state index contributed by atoms with van der Waals surface area (Å²) in [6.45, 7) is 1.63. The van der Waals surface area contributed by atoms with Gasteiger partial charge in [0, 0.05) is 30.4 Å². The molecule has 2 aromatic carbocycles. The van der Waals surface area contributed by atoms with Crippen LogP contribution in [0.1, 0.15) is 35.2 Å². The number of nitrogens with zero attached hydrogens (tertiary/aromatic N) is 1. The second-order valence-corrected chi connectivity index (χ2v) is 6.17. The van der Waals surface area contributed by atoms with Gasteiger partial charge in [0.2, 0.25) is 5.91 Å². The fourth-order valence-electron chi connectivity index (χ4n) is 2.93. The fourth-order valence-corrected chi connectivity index (χ4v) is 2.93. The number of rotatable bonds is 4. The molecule has 0 aromatic heterocycles. The lowest BCUT2D eigenvalue weighted by atomic mass is 10.1. The van der Waals surface area contributed by atoms with Gasteiger partial charge in [-0.2, -0.15) is 0 Å². The fraction of sp³-hybridized carbons (Fsp3) is 0.238. The number of carbonyl (C=O) groups excluding carboxylic acids is 2. The average molecular weight is 334 g/mol. The molecule has 25 heavy (non-hydrogen) atoms. The van der Waals surface area contributed by atoms with Gasteiger partial charge in [0.25, 0.3) is 5.91 Å². The van der Waals surface area contributed by atoms with E-state index < -0.39 is 0 Å². The molecule has 0 atom stereocenters. The number of carbonyl (C=O) groups is 2. The van der Waals surface area contributed by atoms with Crippen LogP contribution in [0.15, 0.2) is 60.7 Å². The molecule has 3 rings (SSSR count). The van der Waals surface area contributed by atoms with Crippen molar-refractivity contribution in [3.05, 3.63) is 71.8 Å². The van der Waals surface area contributed by atoms with Crippen LogP contribution in [0.3, 0.4) is 0 Å². The number of nitrogens with one attached hydrogen (secondary N) is 1. The second-order valence-electron chi connectivity index (χ2n) is 6.17. The highest BCUT2D eigenvalue weighted by molar-refractivity contribution is 6.03. The Bertz CT molecular complexity index is 762. The Morgan fingerprint density at radius 1 is 0.920 bits per heavy atom. The standard InChI is InChI=1S/C21H22N2O2/c24-20(13-12-17-8-3-1-4-9-17)22-19-11-7-10-18(16-19)21(25)23-14-5-2-6-15-23/h1,3-4,7-13,16H,2,5-6,14-15H2,(H,22,24)/b13-12+. The van der Waals surface area contributed by atoms with Gasteiger partial charge in [-0.05, 0) is 49.1 Å². The van der Waals surface area contributed by atoms with Crippen molar-refractivity contribution in [1.29, 1.82) is 0 Å². The number of piperidine rings is 1. The van der Waals surface area contributed by atoms with Gasteiger partial charge in [-0.3, -0.25) is 9.59 Å². The Hall–Kier alpha value is -2.88. The third-order valence-corrected chi connectivity index (χ3v) is 4.25. The van der Waals surface area contributed by atoms with Gasteiger partial charge in [0.05, 0.1) is 0 Å². The predicted octanol–water partition coefficient (Wildman–Crippen LogP) is 3.96. The Morgan fingerprint density at radius 2 is 1.68 bits per heavy atom. The van der Waals surface area contributed by atoms with E-state index in [1.54, 1.807) is 30.3 Å². The summed E-state index contributed by atoms with van der Waals surface area (Å²) in [7, 11) is 0.